The van der Waals surface area contributed by atoms with E-state index in [4.69, 9.17) is 21.6 Å². The fourth-order valence-electron chi connectivity index (χ4n) is 5.08. The van der Waals surface area contributed by atoms with Crippen LogP contribution in [0.5, 0.6) is 5.88 Å². The first kappa shape index (κ1) is 26.2. The highest BCUT2D eigenvalue weighted by molar-refractivity contribution is 8.15. The van der Waals surface area contributed by atoms with E-state index in [1.807, 2.05) is 0 Å². The van der Waals surface area contributed by atoms with Crippen molar-refractivity contribution >= 4 is 51.4 Å². The van der Waals surface area contributed by atoms with Gasteiger partial charge in [0.1, 0.15) is 16.1 Å². The number of aliphatic imine (C=N–C) groups is 1. The molecule has 2 aliphatic rings. The first-order valence-corrected chi connectivity index (χ1v) is 12.5. The van der Waals surface area contributed by atoms with Gasteiger partial charge in [-0.25, -0.2) is 24.1 Å². The van der Waals surface area contributed by atoms with Crippen LogP contribution < -0.4 is 15.8 Å². The number of nitrogens with zero attached hydrogens (tertiary/aromatic N) is 4. The number of terminal acetylenes is 1. The highest BCUT2D eigenvalue weighted by atomic mass is 32.2. The molecule has 3 heterocycles. The first-order chi connectivity index (χ1) is 18.5. The summed E-state index contributed by atoms with van der Waals surface area (Å²) >= 11 is 0.954. The molecule has 1 unspecified atom stereocenters. The normalized spacial score (nSPS) is 25.2. The smallest absolute Gasteiger partial charge is 0.340 e. The van der Waals surface area contributed by atoms with Crippen LogP contribution in [0.25, 0.3) is 11.0 Å². The number of halogens is 1. The summed E-state index contributed by atoms with van der Waals surface area (Å²) in [5.74, 6) is -0.0200. The van der Waals surface area contributed by atoms with Crippen molar-refractivity contribution in [3.8, 4) is 18.2 Å². The Hall–Kier alpha value is -4.44. The number of hydrogen-bond donors (Lipinski definition) is 3. The van der Waals surface area contributed by atoms with E-state index in [2.05, 4.69) is 31.2 Å². The molecule has 0 bridgehead atoms. The van der Waals surface area contributed by atoms with Gasteiger partial charge in [-0.3, -0.25) is 9.79 Å². The number of ether oxygens (including phenoxy) is 2. The molecule has 11 nitrogen and oxygen atoms in total. The van der Waals surface area contributed by atoms with Crippen LogP contribution >= 0.6 is 11.8 Å². The van der Waals surface area contributed by atoms with Gasteiger partial charge in [0.25, 0.3) is 0 Å². The van der Waals surface area contributed by atoms with Crippen LogP contribution in [0.15, 0.2) is 35.6 Å². The summed E-state index contributed by atoms with van der Waals surface area (Å²) in [5.41, 5.74) is 4.35. The summed E-state index contributed by atoms with van der Waals surface area (Å²) in [6.45, 7) is 3.37. The molecule has 4 N–H and O–H groups in total. The largest absolute Gasteiger partial charge is 0.480 e. The number of hydrogen-bond acceptors (Lipinski definition) is 11. The number of fused-ring (bicyclic) bond motifs is 2. The van der Waals surface area contributed by atoms with Crippen LogP contribution in [0.4, 0.5) is 15.9 Å². The number of rotatable bonds is 7. The molecule has 2 aromatic heterocycles. The van der Waals surface area contributed by atoms with E-state index in [9.17, 15) is 14.7 Å². The number of esters is 1. The van der Waals surface area contributed by atoms with Gasteiger partial charge in [0.15, 0.2) is 17.6 Å². The topological polar surface area (TPSA) is 162 Å². The number of pyridine rings is 1. The van der Waals surface area contributed by atoms with Crippen molar-refractivity contribution in [3.63, 3.8) is 0 Å². The fourth-order valence-corrected chi connectivity index (χ4v) is 6.53. The zero-order valence-corrected chi connectivity index (χ0v) is 21.9. The molecule has 0 saturated heterocycles. The number of carbonyl (C=O) groups excluding carboxylic acids is 1. The van der Waals surface area contributed by atoms with Gasteiger partial charge < -0.3 is 25.6 Å². The number of benzene rings is 1. The Labute approximate surface area is 226 Å². The van der Waals surface area contributed by atoms with Crippen LogP contribution in [-0.4, -0.2) is 55.6 Å². The highest BCUT2D eigenvalue weighted by Crippen LogP contribution is 2.75. The number of amidine groups is 1. The summed E-state index contributed by atoms with van der Waals surface area (Å²) in [5, 5.41) is 13.1. The fraction of sp³-hybridized carbons (Fsp3) is 0.308. The molecule has 1 aliphatic carbocycles. The molecule has 3 atom stereocenters. The molecule has 1 aliphatic heterocycles. The van der Waals surface area contributed by atoms with E-state index in [0.29, 0.717) is 11.0 Å². The Morgan fingerprint density at radius 3 is 2.79 bits per heavy atom. The summed E-state index contributed by atoms with van der Waals surface area (Å²) in [6.07, 6.45) is 8.32. The SMILES string of the molecule is C#CCOc1cnc2c(Nc3cc(C(=O)OC)c(F)c([C@@]4(C)N=C(N)S[C@@]5(C(=O)O)CC54C)c3)nccc2n1. The first-order valence-electron chi connectivity index (χ1n) is 11.6. The average Bonchev–Trinajstić information content (AvgIpc) is 3.55. The molecule has 39 heavy (non-hydrogen) atoms. The molecule has 1 aromatic carbocycles. The zero-order valence-electron chi connectivity index (χ0n) is 21.1. The van der Waals surface area contributed by atoms with Crippen molar-refractivity contribution in [2.75, 3.05) is 19.0 Å². The Balaban J connectivity index is 1.64. The molecule has 0 spiro atoms. The van der Waals surface area contributed by atoms with Gasteiger partial charge in [-0.2, -0.15) is 0 Å². The second-order valence-corrected chi connectivity index (χ2v) is 10.8. The maximum absolute atomic E-state index is 16.0. The lowest BCUT2D eigenvalue weighted by molar-refractivity contribution is -0.138. The number of aromatic nitrogens is 3. The highest BCUT2D eigenvalue weighted by Gasteiger charge is 2.80. The maximum atomic E-state index is 16.0. The molecule has 1 fully saturated rings. The molecule has 5 rings (SSSR count). The minimum Gasteiger partial charge on any atom is -0.480 e. The minimum atomic E-state index is -1.42. The number of aliphatic carboxylic acids is 1. The molecular weight excluding hydrogens is 527 g/mol. The molecule has 200 valence electrons. The Morgan fingerprint density at radius 2 is 2.10 bits per heavy atom. The van der Waals surface area contributed by atoms with Gasteiger partial charge in [-0.15, -0.1) is 6.42 Å². The van der Waals surface area contributed by atoms with E-state index >= 15 is 4.39 Å². The second kappa shape index (κ2) is 9.09. The Kier molecular flexibility index (Phi) is 6.10. The van der Waals surface area contributed by atoms with Gasteiger partial charge >= 0.3 is 11.9 Å². The Morgan fingerprint density at radius 1 is 1.33 bits per heavy atom. The lowest BCUT2D eigenvalue weighted by atomic mass is 9.75. The lowest BCUT2D eigenvalue weighted by Crippen LogP contribution is -2.45. The van der Waals surface area contributed by atoms with Crippen molar-refractivity contribution in [1.29, 1.82) is 0 Å². The number of carboxylic acids is 1. The molecule has 1 saturated carbocycles. The van der Waals surface area contributed by atoms with Crippen molar-refractivity contribution in [3.05, 3.63) is 47.5 Å². The number of anilines is 2. The van der Waals surface area contributed by atoms with E-state index < -0.39 is 33.5 Å². The van der Waals surface area contributed by atoms with E-state index in [1.54, 1.807) is 19.9 Å². The van der Waals surface area contributed by atoms with E-state index in [1.165, 1.54) is 24.5 Å². The Bertz CT molecular complexity index is 1630. The minimum absolute atomic E-state index is 0.0149. The van der Waals surface area contributed by atoms with Crippen LogP contribution in [-0.2, 0) is 15.1 Å². The van der Waals surface area contributed by atoms with Crippen molar-refractivity contribution in [2.45, 2.75) is 30.6 Å². The molecular formula is C26H23FN6O5S. The standard InChI is InChI=1S/C26H23FN6O5S/c1-5-8-38-17-11-30-19-16(32-17)6-7-29-20(19)31-13-9-14(21(34)37-4)18(27)15(10-13)25(3)24(2)12-26(24,22(35)36)39-23(28)33-25/h1,6-7,9-11H,8,12H2,2-4H3,(H2,28,33)(H,29,31)(H,35,36)/t24?,25-,26-/m1/s1. The van der Waals surface area contributed by atoms with Crippen LogP contribution in [0.2, 0.25) is 0 Å². The molecule has 0 radical (unpaired) electrons. The van der Waals surface area contributed by atoms with Gasteiger partial charge in [-0.1, -0.05) is 24.6 Å². The molecule has 0 amide bonds. The number of nitrogens with one attached hydrogen (secondary N) is 1. The summed E-state index contributed by atoms with van der Waals surface area (Å²) in [6, 6.07) is 4.36. The van der Waals surface area contributed by atoms with Crippen molar-refractivity contribution in [2.24, 2.45) is 16.1 Å². The van der Waals surface area contributed by atoms with Crippen LogP contribution in [0.1, 0.15) is 36.2 Å². The van der Waals surface area contributed by atoms with Crippen LogP contribution in [0, 0.1) is 23.6 Å². The van der Waals surface area contributed by atoms with Gasteiger partial charge in [0.2, 0.25) is 5.88 Å². The van der Waals surface area contributed by atoms with Crippen molar-refractivity contribution in [1.82, 2.24) is 15.0 Å². The van der Waals surface area contributed by atoms with Gasteiger partial charge in [0.05, 0.1) is 29.9 Å². The predicted octanol–water partition coefficient (Wildman–Crippen LogP) is 3.22. The summed E-state index contributed by atoms with van der Waals surface area (Å²) in [7, 11) is 1.13. The number of thioether (sulfide) groups is 1. The second-order valence-electron chi connectivity index (χ2n) is 9.50. The third-order valence-corrected chi connectivity index (χ3v) is 8.83. The average molecular weight is 551 g/mol. The van der Waals surface area contributed by atoms with Gasteiger partial charge in [-0.05, 0) is 31.5 Å². The summed E-state index contributed by atoms with van der Waals surface area (Å²) in [4.78, 5) is 42.5. The van der Waals surface area contributed by atoms with Crippen LogP contribution in [0.3, 0.4) is 0 Å². The number of carboxylic acid groups (broad SMARTS) is 1. The van der Waals surface area contributed by atoms with Gasteiger partial charge in [0, 0.05) is 22.9 Å². The molecule has 3 aromatic rings. The third-order valence-electron chi connectivity index (χ3n) is 7.41. The maximum Gasteiger partial charge on any atom is 0.340 e. The number of nitrogens with two attached hydrogens (primary N) is 1. The quantitative estimate of drug-likeness (QED) is 0.292. The monoisotopic (exact) mass is 550 g/mol. The molecule has 13 heteroatoms. The van der Waals surface area contributed by atoms with Crippen molar-refractivity contribution < 1.29 is 28.6 Å². The lowest BCUT2D eigenvalue weighted by Gasteiger charge is -2.39. The predicted molar refractivity (Wildman–Crippen MR) is 142 cm³/mol. The zero-order chi connectivity index (χ0) is 28.2. The van der Waals surface area contributed by atoms with E-state index in [0.717, 1.165) is 18.9 Å². The number of carbonyl (C=O) groups is 2. The summed E-state index contributed by atoms with van der Waals surface area (Å²) < 4.78 is 24.9. The number of methoxy groups -OCH3 is 1. The third kappa shape index (κ3) is 3.90. The van der Waals surface area contributed by atoms with E-state index in [-0.39, 0.29) is 46.7 Å².